The summed E-state index contributed by atoms with van der Waals surface area (Å²) in [5, 5.41) is 17.7. The zero-order chi connectivity index (χ0) is 21.5. The molecule has 1 atom stereocenters. The van der Waals surface area contributed by atoms with Gasteiger partial charge in [0.25, 0.3) is 0 Å². The molecular formula is C19H12F3N5O3. The van der Waals surface area contributed by atoms with Crippen LogP contribution in [0, 0.1) is 18.3 Å². The van der Waals surface area contributed by atoms with Gasteiger partial charge >= 0.3 is 12.3 Å². The summed E-state index contributed by atoms with van der Waals surface area (Å²) in [7, 11) is 0. The van der Waals surface area contributed by atoms with E-state index < -0.39 is 24.3 Å². The summed E-state index contributed by atoms with van der Waals surface area (Å²) in [6, 6.07) is 9.37. The molecule has 2 aromatic heterocycles. The molecule has 0 N–H and O–H groups in total. The number of halogens is 3. The average Bonchev–Trinajstić information content (AvgIpc) is 3.33. The fourth-order valence-corrected chi connectivity index (χ4v) is 2.97. The third-order valence-electron chi connectivity index (χ3n) is 4.31. The monoisotopic (exact) mass is 415 g/mol. The molecule has 0 aliphatic carbocycles. The highest BCUT2D eigenvalue weighted by atomic mass is 19.4. The maximum atomic E-state index is 12.8. The van der Waals surface area contributed by atoms with Crippen LogP contribution in [-0.2, 0) is 15.7 Å². The van der Waals surface area contributed by atoms with E-state index in [0.29, 0.717) is 16.7 Å². The Kier molecular flexibility index (Phi) is 4.62. The molecule has 0 bridgehead atoms. The number of benzene rings is 1. The summed E-state index contributed by atoms with van der Waals surface area (Å²) in [6.45, 7) is 1.71. The van der Waals surface area contributed by atoms with Crippen molar-refractivity contribution in [3.8, 4) is 28.5 Å². The van der Waals surface area contributed by atoms with Crippen LogP contribution in [0.4, 0.5) is 18.0 Å². The highest BCUT2D eigenvalue weighted by molar-refractivity contribution is 5.74. The first kappa shape index (κ1) is 19.4. The molecule has 0 radical (unpaired) electrons. The molecule has 1 unspecified atom stereocenters. The van der Waals surface area contributed by atoms with Crippen LogP contribution < -0.4 is 0 Å². The first-order chi connectivity index (χ1) is 14.2. The van der Waals surface area contributed by atoms with Crippen LogP contribution in [0.15, 0.2) is 36.5 Å². The molecule has 30 heavy (non-hydrogen) atoms. The number of hydrogen-bond donors (Lipinski definition) is 0. The van der Waals surface area contributed by atoms with Crippen LogP contribution >= 0.6 is 0 Å². The number of rotatable bonds is 3. The van der Waals surface area contributed by atoms with Gasteiger partial charge < -0.3 is 9.47 Å². The number of aromatic nitrogens is 4. The van der Waals surface area contributed by atoms with Crippen molar-refractivity contribution in [2.75, 3.05) is 6.61 Å². The summed E-state index contributed by atoms with van der Waals surface area (Å²) in [5.41, 5.74) is 1.64. The van der Waals surface area contributed by atoms with E-state index in [4.69, 9.17) is 9.47 Å². The smallest absolute Gasteiger partial charge is 0.428 e. The number of nitrogens with zero attached hydrogens (tertiary/aromatic N) is 5. The minimum atomic E-state index is -4.52. The quantitative estimate of drug-likeness (QED) is 0.598. The average molecular weight is 415 g/mol. The second-order valence-electron chi connectivity index (χ2n) is 6.48. The number of hydrogen-bond acceptors (Lipinski definition) is 7. The lowest BCUT2D eigenvalue weighted by Crippen LogP contribution is -2.14. The van der Waals surface area contributed by atoms with Crippen molar-refractivity contribution in [3.63, 3.8) is 0 Å². The molecule has 3 heterocycles. The number of alkyl halides is 3. The van der Waals surface area contributed by atoms with E-state index >= 15 is 0 Å². The topological polar surface area (TPSA) is 103 Å². The number of carbonyl (C=O) groups excluding carboxylic acids is 1. The van der Waals surface area contributed by atoms with Crippen molar-refractivity contribution in [2.45, 2.75) is 19.3 Å². The van der Waals surface area contributed by atoms with E-state index in [-0.39, 0.29) is 18.0 Å². The molecule has 4 rings (SSSR count). The van der Waals surface area contributed by atoms with Crippen molar-refractivity contribution < 1.29 is 27.4 Å². The van der Waals surface area contributed by atoms with Crippen molar-refractivity contribution >= 4 is 6.16 Å². The molecule has 152 valence electrons. The number of nitriles is 1. The Morgan fingerprint density at radius 1 is 1.17 bits per heavy atom. The Labute approximate surface area is 167 Å². The fourth-order valence-electron chi connectivity index (χ4n) is 2.97. The number of aryl methyl sites for hydroxylation is 1. The van der Waals surface area contributed by atoms with Gasteiger partial charge in [0, 0.05) is 17.3 Å². The Morgan fingerprint density at radius 3 is 2.53 bits per heavy atom. The first-order valence-corrected chi connectivity index (χ1v) is 8.60. The van der Waals surface area contributed by atoms with Crippen LogP contribution in [0.25, 0.3) is 22.4 Å². The minimum Gasteiger partial charge on any atom is -0.428 e. The number of carbonyl (C=O) groups is 1. The highest BCUT2D eigenvalue weighted by Gasteiger charge is 2.32. The van der Waals surface area contributed by atoms with E-state index in [1.807, 2.05) is 6.07 Å². The molecule has 11 heteroatoms. The maximum absolute atomic E-state index is 12.8. The second-order valence-corrected chi connectivity index (χ2v) is 6.48. The van der Waals surface area contributed by atoms with Crippen molar-refractivity contribution in [1.29, 1.82) is 5.26 Å². The third kappa shape index (κ3) is 3.67. The van der Waals surface area contributed by atoms with Gasteiger partial charge in [-0.15, -0.1) is 15.0 Å². The minimum absolute atomic E-state index is 0.0000401. The Morgan fingerprint density at radius 2 is 1.93 bits per heavy atom. The molecule has 1 aliphatic heterocycles. The molecule has 1 aromatic carbocycles. The molecule has 8 nitrogen and oxygen atoms in total. The zero-order valence-corrected chi connectivity index (χ0v) is 15.3. The van der Waals surface area contributed by atoms with E-state index in [1.165, 1.54) is 6.07 Å². The Hall–Kier alpha value is -3.94. The van der Waals surface area contributed by atoms with Crippen LogP contribution in [0.3, 0.4) is 0 Å². The highest BCUT2D eigenvalue weighted by Crippen LogP contribution is 2.32. The van der Waals surface area contributed by atoms with Crippen molar-refractivity contribution in [3.05, 3.63) is 53.5 Å². The van der Waals surface area contributed by atoms with Gasteiger partial charge in [-0.2, -0.15) is 18.4 Å². The molecular weight excluding hydrogens is 403 g/mol. The molecule has 0 spiro atoms. The SMILES string of the molecule is Cc1cc(-c2ccc(C(F)(F)F)nc2)cc(-c2nn(C3COC(=O)O3)nc2C#N)c1. The molecule has 1 fully saturated rings. The standard InChI is InChI=1S/C19H12F3N5O3/c1-10-4-12(11-2-3-15(24-8-11)19(20,21)22)6-13(5-10)17-14(7-23)25-27(26-17)16-9-29-18(28)30-16/h2-6,8,16H,9H2,1H3. The van der Waals surface area contributed by atoms with E-state index in [2.05, 4.69) is 15.2 Å². The van der Waals surface area contributed by atoms with E-state index in [9.17, 15) is 23.2 Å². The van der Waals surface area contributed by atoms with Gasteiger partial charge in [-0.05, 0) is 36.2 Å². The molecule has 1 saturated heterocycles. The van der Waals surface area contributed by atoms with Crippen molar-refractivity contribution in [1.82, 2.24) is 20.0 Å². The van der Waals surface area contributed by atoms with Crippen molar-refractivity contribution in [2.24, 2.45) is 0 Å². The Bertz CT molecular complexity index is 1170. The van der Waals surface area contributed by atoms with Crippen LogP contribution in [0.1, 0.15) is 23.2 Å². The lowest BCUT2D eigenvalue weighted by atomic mass is 9.99. The largest absolute Gasteiger partial charge is 0.510 e. The predicted octanol–water partition coefficient (Wildman–Crippen LogP) is 3.87. The third-order valence-corrected chi connectivity index (χ3v) is 4.31. The van der Waals surface area contributed by atoms with Crippen LogP contribution in [-0.4, -0.2) is 32.7 Å². The van der Waals surface area contributed by atoms with Crippen LogP contribution in [0.5, 0.6) is 0 Å². The number of cyclic esters (lactones) is 2. The number of pyridine rings is 1. The van der Waals surface area contributed by atoms with E-state index in [1.54, 1.807) is 25.1 Å². The summed E-state index contributed by atoms with van der Waals surface area (Å²) >= 11 is 0. The van der Waals surface area contributed by atoms with Gasteiger partial charge in [-0.1, -0.05) is 12.1 Å². The van der Waals surface area contributed by atoms with Gasteiger partial charge in [0.05, 0.1) is 0 Å². The van der Waals surface area contributed by atoms with E-state index in [0.717, 1.165) is 22.6 Å². The van der Waals surface area contributed by atoms with Gasteiger partial charge in [0.15, 0.2) is 12.3 Å². The van der Waals surface area contributed by atoms with Gasteiger partial charge in [0.2, 0.25) is 6.23 Å². The first-order valence-electron chi connectivity index (χ1n) is 8.60. The lowest BCUT2D eigenvalue weighted by molar-refractivity contribution is -0.141. The van der Waals surface area contributed by atoms with Crippen LogP contribution in [0.2, 0.25) is 0 Å². The fraction of sp³-hybridized carbons (Fsp3) is 0.211. The number of ether oxygens (including phenoxy) is 2. The summed E-state index contributed by atoms with van der Waals surface area (Å²) in [4.78, 5) is 15.7. The summed E-state index contributed by atoms with van der Waals surface area (Å²) in [6.07, 6.45) is -5.13. The maximum Gasteiger partial charge on any atom is 0.510 e. The predicted molar refractivity (Wildman–Crippen MR) is 94.6 cm³/mol. The summed E-state index contributed by atoms with van der Waals surface area (Å²) < 4.78 is 47.9. The normalized spacial score (nSPS) is 16.1. The van der Waals surface area contributed by atoms with Gasteiger partial charge in [-0.3, -0.25) is 4.98 Å². The Balaban J connectivity index is 1.73. The lowest BCUT2D eigenvalue weighted by Gasteiger charge is -2.09. The van der Waals surface area contributed by atoms with Gasteiger partial charge in [0.1, 0.15) is 17.5 Å². The molecule has 1 aliphatic rings. The second kappa shape index (κ2) is 7.14. The molecule has 0 saturated carbocycles. The molecule has 0 amide bonds. The molecule has 3 aromatic rings. The summed E-state index contributed by atoms with van der Waals surface area (Å²) in [5.74, 6) is 0. The van der Waals surface area contributed by atoms with Gasteiger partial charge in [-0.25, -0.2) is 4.79 Å². The zero-order valence-electron chi connectivity index (χ0n) is 15.3.